The van der Waals surface area contributed by atoms with Crippen molar-refractivity contribution in [3.63, 3.8) is 0 Å². The number of nitrogens with one attached hydrogen (secondary N) is 1. The van der Waals surface area contributed by atoms with Crippen molar-refractivity contribution >= 4 is 21.6 Å². The lowest BCUT2D eigenvalue weighted by Crippen LogP contribution is -2.35. The van der Waals surface area contributed by atoms with Crippen molar-refractivity contribution in [2.24, 2.45) is 0 Å². The van der Waals surface area contributed by atoms with Gasteiger partial charge in [0.25, 0.3) is 5.91 Å². The Morgan fingerprint density at radius 3 is 2.10 bits per heavy atom. The molecule has 2 aliphatic rings. The lowest BCUT2D eigenvalue weighted by molar-refractivity contribution is 0.0939. The minimum atomic E-state index is -3.66. The Morgan fingerprint density at radius 2 is 1.53 bits per heavy atom. The summed E-state index contributed by atoms with van der Waals surface area (Å²) in [5.74, 6) is -0.209. The predicted molar refractivity (Wildman–Crippen MR) is 122 cm³/mol. The van der Waals surface area contributed by atoms with Gasteiger partial charge in [0.2, 0.25) is 10.0 Å². The molecule has 1 atom stereocenters. The van der Waals surface area contributed by atoms with Gasteiger partial charge in [-0.2, -0.15) is 4.31 Å². The molecule has 2 aliphatic heterocycles. The summed E-state index contributed by atoms with van der Waals surface area (Å²) in [5, 5.41) is 2.96. The number of hydrogen-bond donors (Lipinski definition) is 1. The van der Waals surface area contributed by atoms with E-state index < -0.39 is 10.0 Å². The first-order valence-electron chi connectivity index (χ1n) is 11.6. The summed E-state index contributed by atoms with van der Waals surface area (Å²) >= 11 is 0. The fourth-order valence-electron chi connectivity index (χ4n) is 4.27. The van der Waals surface area contributed by atoms with Crippen molar-refractivity contribution in [2.45, 2.75) is 82.6 Å². The number of sulfonamides is 1. The maximum absolute atomic E-state index is 13.7. The maximum Gasteiger partial charge on any atom is 0.251 e. The fraction of sp³-hybridized carbons (Fsp3) is 0.696. The highest BCUT2D eigenvalue weighted by molar-refractivity contribution is 7.89. The van der Waals surface area contributed by atoms with Crippen LogP contribution in [0.3, 0.4) is 0 Å². The normalized spacial score (nSPS) is 20.3. The molecule has 0 aliphatic carbocycles. The van der Waals surface area contributed by atoms with Gasteiger partial charge in [0, 0.05) is 37.8 Å². The van der Waals surface area contributed by atoms with Gasteiger partial charge in [0.1, 0.15) is 4.90 Å². The molecule has 1 aromatic carbocycles. The molecule has 3 rings (SSSR count). The van der Waals surface area contributed by atoms with E-state index in [0.717, 1.165) is 63.7 Å². The molecule has 1 aromatic rings. The molecule has 2 fully saturated rings. The zero-order chi connectivity index (χ0) is 21.6. The van der Waals surface area contributed by atoms with Crippen LogP contribution in [0, 0.1) is 0 Å². The van der Waals surface area contributed by atoms with Crippen LogP contribution < -0.4 is 10.2 Å². The summed E-state index contributed by atoms with van der Waals surface area (Å²) in [6.45, 7) is 6.82. The van der Waals surface area contributed by atoms with E-state index in [9.17, 15) is 13.2 Å². The summed E-state index contributed by atoms with van der Waals surface area (Å²) in [6.07, 6.45) is 9.26. The Morgan fingerprint density at radius 1 is 0.967 bits per heavy atom. The van der Waals surface area contributed by atoms with Crippen LogP contribution >= 0.6 is 0 Å². The molecule has 0 spiro atoms. The molecule has 2 saturated heterocycles. The Kier molecular flexibility index (Phi) is 8.17. The second-order valence-electron chi connectivity index (χ2n) is 8.68. The van der Waals surface area contributed by atoms with Crippen LogP contribution in [-0.4, -0.2) is 50.9 Å². The van der Waals surface area contributed by atoms with Gasteiger partial charge in [-0.25, -0.2) is 8.42 Å². The number of carbonyl (C=O) groups is 1. The second kappa shape index (κ2) is 10.6. The largest absolute Gasteiger partial charge is 0.370 e. The molecular weight excluding hydrogens is 398 g/mol. The first-order valence-corrected chi connectivity index (χ1v) is 13.1. The van der Waals surface area contributed by atoms with Crippen LogP contribution in [0.2, 0.25) is 0 Å². The Bertz CT molecular complexity index is 809. The first kappa shape index (κ1) is 23.1. The molecule has 0 unspecified atom stereocenters. The predicted octanol–water partition coefficient (Wildman–Crippen LogP) is 4.16. The molecule has 6 nitrogen and oxygen atoms in total. The van der Waals surface area contributed by atoms with Gasteiger partial charge in [0.15, 0.2) is 0 Å². The number of benzene rings is 1. The molecule has 1 amide bonds. The Balaban J connectivity index is 2.00. The van der Waals surface area contributed by atoms with E-state index in [1.54, 1.807) is 16.4 Å². The standard InChI is InChI=1S/C23H37N3O3S/c1-3-19(2)24-23(27)20-12-13-21(25-14-8-4-5-9-15-25)22(18-20)30(28,29)26-16-10-6-7-11-17-26/h12-13,18-19H,3-11,14-17H2,1-2H3,(H,24,27)/t19-/m1/s1. The van der Waals surface area contributed by atoms with Crippen molar-refractivity contribution in [1.29, 1.82) is 0 Å². The van der Waals surface area contributed by atoms with Crippen molar-refractivity contribution in [2.75, 3.05) is 31.1 Å². The topological polar surface area (TPSA) is 69.7 Å². The summed E-state index contributed by atoms with van der Waals surface area (Å²) < 4.78 is 29.1. The van der Waals surface area contributed by atoms with Crippen molar-refractivity contribution in [1.82, 2.24) is 9.62 Å². The van der Waals surface area contributed by atoms with E-state index in [4.69, 9.17) is 0 Å². The van der Waals surface area contributed by atoms with Crippen LogP contribution in [0.25, 0.3) is 0 Å². The van der Waals surface area contributed by atoms with Gasteiger partial charge in [-0.15, -0.1) is 0 Å². The monoisotopic (exact) mass is 435 g/mol. The summed E-state index contributed by atoms with van der Waals surface area (Å²) in [4.78, 5) is 15.2. The Hall–Kier alpha value is -1.60. The highest BCUT2D eigenvalue weighted by Gasteiger charge is 2.30. The highest BCUT2D eigenvalue weighted by atomic mass is 32.2. The molecule has 0 bridgehead atoms. The van der Waals surface area contributed by atoms with E-state index in [-0.39, 0.29) is 11.9 Å². The van der Waals surface area contributed by atoms with Gasteiger partial charge >= 0.3 is 0 Å². The zero-order valence-electron chi connectivity index (χ0n) is 18.5. The van der Waals surface area contributed by atoms with Gasteiger partial charge in [-0.1, -0.05) is 32.6 Å². The number of carbonyl (C=O) groups excluding carboxylic acids is 1. The molecule has 0 saturated carbocycles. The fourth-order valence-corrected chi connectivity index (χ4v) is 6.02. The molecule has 1 N–H and O–H groups in total. The third kappa shape index (κ3) is 5.55. The quantitative estimate of drug-likeness (QED) is 0.728. The van der Waals surface area contributed by atoms with E-state index in [1.165, 1.54) is 12.8 Å². The van der Waals surface area contributed by atoms with E-state index in [1.807, 2.05) is 19.9 Å². The average Bonchev–Trinajstić information content (AvgIpc) is 3.19. The minimum absolute atomic E-state index is 0.0495. The van der Waals surface area contributed by atoms with Crippen LogP contribution in [0.15, 0.2) is 23.1 Å². The third-order valence-corrected chi connectivity index (χ3v) is 8.27. The van der Waals surface area contributed by atoms with Crippen LogP contribution in [0.5, 0.6) is 0 Å². The van der Waals surface area contributed by atoms with Gasteiger partial charge in [-0.3, -0.25) is 4.79 Å². The summed E-state index contributed by atoms with van der Waals surface area (Å²) in [7, 11) is -3.66. The lowest BCUT2D eigenvalue weighted by Gasteiger charge is -2.28. The van der Waals surface area contributed by atoms with E-state index >= 15 is 0 Å². The van der Waals surface area contributed by atoms with Crippen molar-refractivity contribution in [3.05, 3.63) is 23.8 Å². The number of amides is 1. The summed E-state index contributed by atoms with van der Waals surface area (Å²) in [5.41, 5.74) is 1.17. The Labute approximate surface area is 182 Å². The van der Waals surface area contributed by atoms with Gasteiger partial charge in [-0.05, 0) is 57.2 Å². The van der Waals surface area contributed by atoms with Gasteiger partial charge in [0.05, 0.1) is 5.69 Å². The molecule has 2 heterocycles. The molecule has 7 heteroatoms. The molecule has 0 radical (unpaired) electrons. The number of nitrogens with zero attached hydrogens (tertiary/aromatic N) is 2. The smallest absolute Gasteiger partial charge is 0.251 e. The molecule has 0 aromatic heterocycles. The number of hydrogen-bond acceptors (Lipinski definition) is 4. The molecule has 30 heavy (non-hydrogen) atoms. The van der Waals surface area contributed by atoms with Crippen LogP contribution in [-0.2, 0) is 10.0 Å². The van der Waals surface area contributed by atoms with E-state index in [0.29, 0.717) is 23.5 Å². The number of anilines is 1. The zero-order valence-corrected chi connectivity index (χ0v) is 19.3. The molecule has 168 valence electrons. The van der Waals surface area contributed by atoms with Crippen LogP contribution in [0.4, 0.5) is 5.69 Å². The number of rotatable bonds is 6. The molecular formula is C23H37N3O3S. The second-order valence-corrected chi connectivity index (χ2v) is 10.6. The van der Waals surface area contributed by atoms with Crippen LogP contribution in [0.1, 0.15) is 82.0 Å². The van der Waals surface area contributed by atoms with Crippen molar-refractivity contribution in [3.8, 4) is 0 Å². The lowest BCUT2D eigenvalue weighted by atomic mass is 10.1. The SMILES string of the molecule is CC[C@@H](C)NC(=O)c1ccc(N2CCCCCC2)c(S(=O)(=O)N2CCCCCC2)c1. The first-order chi connectivity index (χ1) is 14.4. The van der Waals surface area contributed by atoms with E-state index in [2.05, 4.69) is 10.2 Å². The maximum atomic E-state index is 13.7. The highest BCUT2D eigenvalue weighted by Crippen LogP contribution is 2.32. The minimum Gasteiger partial charge on any atom is -0.370 e. The summed E-state index contributed by atoms with van der Waals surface area (Å²) in [6, 6.07) is 5.28. The average molecular weight is 436 g/mol. The third-order valence-electron chi connectivity index (χ3n) is 6.34. The van der Waals surface area contributed by atoms with Crippen molar-refractivity contribution < 1.29 is 13.2 Å². The van der Waals surface area contributed by atoms with Gasteiger partial charge < -0.3 is 10.2 Å².